The van der Waals surface area contributed by atoms with Crippen LogP contribution < -0.4 is 15.0 Å². The number of para-hydroxylation sites is 1. The van der Waals surface area contributed by atoms with Gasteiger partial charge in [0.15, 0.2) is 6.61 Å². The predicted molar refractivity (Wildman–Crippen MR) is 111 cm³/mol. The lowest BCUT2D eigenvalue weighted by atomic mass is 9.95. The zero-order chi connectivity index (χ0) is 20.9. The summed E-state index contributed by atoms with van der Waals surface area (Å²) < 4.78 is 10.9. The van der Waals surface area contributed by atoms with Gasteiger partial charge in [-0.25, -0.2) is 4.98 Å². The lowest BCUT2D eigenvalue weighted by Gasteiger charge is -2.28. The van der Waals surface area contributed by atoms with Crippen molar-refractivity contribution in [3.8, 4) is 5.75 Å². The molecule has 1 aromatic heterocycles. The van der Waals surface area contributed by atoms with Crippen molar-refractivity contribution in [2.75, 3.05) is 37.8 Å². The van der Waals surface area contributed by atoms with Crippen LogP contribution in [0.25, 0.3) is 0 Å². The molecule has 4 atom stereocenters. The van der Waals surface area contributed by atoms with E-state index in [2.05, 4.69) is 15.2 Å². The maximum atomic E-state index is 12.4. The molecule has 1 aliphatic carbocycles. The number of rotatable bonds is 6. The number of carbonyl (C=O) groups is 1. The van der Waals surface area contributed by atoms with Crippen LogP contribution in [0.4, 0.5) is 5.82 Å². The molecular formula is C22H27N3O5. The average Bonchev–Trinajstić information content (AvgIpc) is 3.07. The first kappa shape index (κ1) is 20.6. The van der Waals surface area contributed by atoms with Gasteiger partial charge in [0, 0.05) is 25.2 Å². The van der Waals surface area contributed by atoms with Crippen LogP contribution in [0, 0.1) is 0 Å². The predicted octanol–water partition coefficient (Wildman–Crippen LogP) is 0.691. The van der Waals surface area contributed by atoms with Crippen molar-refractivity contribution in [1.82, 2.24) is 10.3 Å². The summed E-state index contributed by atoms with van der Waals surface area (Å²) in [6.07, 6.45) is 0.160. The van der Waals surface area contributed by atoms with Crippen molar-refractivity contribution in [3.05, 3.63) is 54.2 Å². The molecule has 8 heteroatoms. The Morgan fingerprint density at radius 3 is 2.63 bits per heavy atom. The summed E-state index contributed by atoms with van der Waals surface area (Å²) in [6, 6.07) is 12.3. The van der Waals surface area contributed by atoms with Gasteiger partial charge in [-0.3, -0.25) is 4.79 Å². The first-order valence-corrected chi connectivity index (χ1v) is 10.2. The number of benzene rings is 1. The van der Waals surface area contributed by atoms with Gasteiger partial charge in [0.05, 0.1) is 25.4 Å². The molecule has 0 radical (unpaired) electrons. The highest BCUT2D eigenvalue weighted by Crippen LogP contribution is 2.35. The third-order valence-corrected chi connectivity index (χ3v) is 5.67. The van der Waals surface area contributed by atoms with Crippen LogP contribution in [0.2, 0.25) is 0 Å². The van der Waals surface area contributed by atoms with Gasteiger partial charge in [-0.05, 0) is 30.2 Å². The highest BCUT2D eigenvalue weighted by Gasteiger charge is 2.43. The summed E-state index contributed by atoms with van der Waals surface area (Å²) in [5.41, 5.74) is 0.872. The number of hydrogen-bond donors (Lipinski definition) is 3. The van der Waals surface area contributed by atoms with E-state index in [-0.39, 0.29) is 18.4 Å². The number of pyridine rings is 1. The number of carbonyl (C=O) groups excluding carboxylic acids is 1. The largest absolute Gasteiger partial charge is 0.484 e. The monoisotopic (exact) mass is 413 g/mol. The maximum Gasteiger partial charge on any atom is 0.258 e. The number of amides is 1. The molecule has 8 nitrogen and oxygen atoms in total. The molecule has 1 saturated carbocycles. The first-order chi connectivity index (χ1) is 14.6. The summed E-state index contributed by atoms with van der Waals surface area (Å²) in [7, 11) is 0. The van der Waals surface area contributed by atoms with Crippen LogP contribution in [0.15, 0.2) is 48.7 Å². The van der Waals surface area contributed by atoms with E-state index in [4.69, 9.17) is 9.47 Å². The average molecular weight is 413 g/mol. The highest BCUT2D eigenvalue weighted by molar-refractivity contribution is 5.78. The van der Waals surface area contributed by atoms with Crippen molar-refractivity contribution >= 4 is 11.7 Å². The molecule has 1 saturated heterocycles. The van der Waals surface area contributed by atoms with Gasteiger partial charge in [-0.15, -0.1) is 0 Å². The number of nitrogens with zero attached hydrogens (tertiary/aromatic N) is 2. The zero-order valence-electron chi connectivity index (χ0n) is 16.7. The van der Waals surface area contributed by atoms with Crippen molar-refractivity contribution in [1.29, 1.82) is 0 Å². The van der Waals surface area contributed by atoms with Gasteiger partial charge >= 0.3 is 0 Å². The Morgan fingerprint density at radius 2 is 1.93 bits per heavy atom. The van der Waals surface area contributed by atoms with Gasteiger partial charge in [0.2, 0.25) is 0 Å². The number of ether oxygens (including phenoxy) is 2. The molecule has 2 aliphatic rings. The van der Waals surface area contributed by atoms with Crippen molar-refractivity contribution in [2.45, 2.75) is 30.6 Å². The zero-order valence-corrected chi connectivity index (χ0v) is 16.7. The number of aliphatic hydroxyl groups is 2. The molecule has 2 aromatic rings. The summed E-state index contributed by atoms with van der Waals surface area (Å²) in [6.45, 7) is 2.80. The number of hydrogen-bond acceptors (Lipinski definition) is 7. The molecule has 0 spiro atoms. The lowest BCUT2D eigenvalue weighted by Crippen LogP contribution is -2.46. The molecule has 0 bridgehead atoms. The highest BCUT2D eigenvalue weighted by atomic mass is 16.5. The van der Waals surface area contributed by atoms with Crippen LogP contribution in [-0.2, 0) is 9.53 Å². The number of aliphatic hydroxyl groups excluding tert-OH is 2. The second kappa shape index (κ2) is 9.42. The molecule has 1 aliphatic heterocycles. The van der Waals surface area contributed by atoms with Gasteiger partial charge in [0.25, 0.3) is 5.91 Å². The van der Waals surface area contributed by atoms with Crippen LogP contribution >= 0.6 is 0 Å². The van der Waals surface area contributed by atoms with E-state index in [1.165, 1.54) is 0 Å². The Hall–Kier alpha value is -2.68. The number of anilines is 1. The Kier molecular flexibility index (Phi) is 6.47. The van der Waals surface area contributed by atoms with E-state index in [9.17, 15) is 15.0 Å². The molecule has 2 heterocycles. The molecule has 1 amide bonds. The summed E-state index contributed by atoms with van der Waals surface area (Å²) >= 11 is 0. The minimum absolute atomic E-state index is 0.162. The Bertz CT molecular complexity index is 826. The van der Waals surface area contributed by atoms with E-state index < -0.39 is 18.2 Å². The third kappa shape index (κ3) is 4.72. The topological polar surface area (TPSA) is 104 Å². The van der Waals surface area contributed by atoms with Crippen LogP contribution in [-0.4, -0.2) is 72.3 Å². The van der Waals surface area contributed by atoms with Crippen LogP contribution in [0.3, 0.4) is 0 Å². The molecule has 2 fully saturated rings. The number of nitrogens with one attached hydrogen (secondary N) is 1. The standard InChI is InChI=1S/C22H27N3O5/c26-18-12-17(15-6-7-19(23-13-15)25-8-10-29-11-9-25)21(22(18)28)24-20(27)14-30-16-4-2-1-3-5-16/h1-7,13,17-18,21-22,26,28H,8-12,14H2,(H,24,27). The molecule has 4 unspecified atom stereocenters. The van der Waals surface area contributed by atoms with Crippen molar-refractivity contribution in [2.24, 2.45) is 0 Å². The fraction of sp³-hybridized carbons (Fsp3) is 0.455. The lowest BCUT2D eigenvalue weighted by molar-refractivity contribution is -0.124. The summed E-state index contributed by atoms with van der Waals surface area (Å²) in [5, 5.41) is 23.5. The number of morpholine rings is 1. The normalized spacial score (nSPS) is 26.4. The summed E-state index contributed by atoms with van der Waals surface area (Å²) in [4.78, 5) is 19.1. The van der Waals surface area contributed by atoms with Gasteiger partial charge < -0.3 is 29.9 Å². The Labute approximate surface area is 175 Å². The third-order valence-electron chi connectivity index (χ3n) is 5.67. The molecule has 3 N–H and O–H groups in total. The molecular weight excluding hydrogens is 386 g/mol. The SMILES string of the molecule is O=C(COc1ccccc1)NC1C(c2ccc(N3CCOCC3)nc2)CC(O)C1O. The molecule has 4 rings (SSSR count). The molecule has 1 aromatic carbocycles. The van der Waals surface area contributed by atoms with Crippen molar-refractivity contribution < 1.29 is 24.5 Å². The minimum atomic E-state index is -1.05. The van der Waals surface area contributed by atoms with Crippen LogP contribution in [0.5, 0.6) is 5.75 Å². The van der Waals surface area contributed by atoms with E-state index in [1.807, 2.05) is 30.3 Å². The van der Waals surface area contributed by atoms with Gasteiger partial charge in [-0.1, -0.05) is 24.3 Å². The second-order valence-corrected chi connectivity index (χ2v) is 7.64. The smallest absolute Gasteiger partial charge is 0.258 e. The van der Waals surface area contributed by atoms with E-state index in [0.717, 1.165) is 24.5 Å². The summed E-state index contributed by atoms with van der Waals surface area (Å²) in [5.74, 6) is 0.888. The quantitative estimate of drug-likeness (QED) is 0.640. The Morgan fingerprint density at radius 1 is 1.17 bits per heavy atom. The van der Waals surface area contributed by atoms with E-state index in [0.29, 0.717) is 25.4 Å². The second-order valence-electron chi connectivity index (χ2n) is 7.64. The van der Waals surface area contributed by atoms with Gasteiger partial charge in [-0.2, -0.15) is 0 Å². The van der Waals surface area contributed by atoms with Crippen molar-refractivity contribution in [3.63, 3.8) is 0 Å². The fourth-order valence-electron chi connectivity index (χ4n) is 4.04. The maximum absolute atomic E-state index is 12.4. The minimum Gasteiger partial charge on any atom is -0.484 e. The molecule has 160 valence electrons. The van der Waals surface area contributed by atoms with E-state index in [1.54, 1.807) is 18.3 Å². The van der Waals surface area contributed by atoms with E-state index >= 15 is 0 Å². The first-order valence-electron chi connectivity index (χ1n) is 10.2. The van der Waals surface area contributed by atoms with Gasteiger partial charge in [0.1, 0.15) is 17.7 Å². The number of aromatic nitrogens is 1. The fourth-order valence-corrected chi connectivity index (χ4v) is 4.04. The molecule has 30 heavy (non-hydrogen) atoms. The van der Waals surface area contributed by atoms with Crippen LogP contribution in [0.1, 0.15) is 17.9 Å². The Balaban J connectivity index is 1.40.